The summed E-state index contributed by atoms with van der Waals surface area (Å²) < 4.78 is 0. The highest BCUT2D eigenvalue weighted by Crippen LogP contribution is 2.30. The van der Waals surface area contributed by atoms with Crippen molar-refractivity contribution >= 4 is 12.4 Å². The second-order valence-electron chi connectivity index (χ2n) is 4.54. The Bertz CT molecular complexity index is 312. The van der Waals surface area contributed by atoms with Crippen LogP contribution < -0.4 is 5.73 Å². The molecule has 3 heteroatoms. The molecule has 0 saturated heterocycles. The molecular weight excluding hydrogens is 210 g/mol. The lowest BCUT2D eigenvalue weighted by atomic mass is 9.81. The summed E-state index contributed by atoms with van der Waals surface area (Å²) in [5.41, 5.74) is 8.11. The second-order valence-corrected chi connectivity index (χ2v) is 4.54. The van der Waals surface area contributed by atoms with E-state index in [9.17, 15) is 5.11 Å². The molecule has 0 aliphatic carbocycles. The van der Waals surface area contributed by atoms with Gasteiger partial charge in [0.1, 0.15) is 0 Å². The van der Waals surface area contributed by atoms with E-state index >= 15 is 0 Å². The smallest absolute Gasteiger partial charge is 0.0500 e. The van der Waals surface area contributed by atoms with Crippen LogP contribution in [0, 0.1) is 12.3 Å². The van der Waals surface area contributed by atoms with Gasteiger partial charge in [-0.3, -0.25) is 0 Å². The lowest BCUT2D eigenvalue weighted by Gasteiger charge is -2.29. The summed E-state index contributed by atoms with van der Waals surface area (Å²) >= 11 is 0. The SMILES string of the molecule is Cc1cccc([C@@H](N)C(C)(C)CO)c1.Cl. The van der Waals surface area contributed by atoms with Gasteiger partial charge in [0.05, 0.1) is 0 Å². The van der Waals surface area contributed by atoms with Crippen LogP contribution in [0.2, 0.25) is 0 Å². The van der Waals surface area contributed by atoms with Crippen molar-refractivity contribution in [2.75, 3.05) is 6.61 Å². The quantitative estimate of drug-likeness (QED) is 0.837. The lowest BCUT2D eigenvalue weighted by molar-refractivity contribution is 0.132. The van der Waals surface area contributed by atoms with E-state index in [1.54, 1.807) is 0 Å². The minimum absolute atomic E-state index is 0. The second kappa shape index (κ2) is 5.50. The molecule has 1 aromatic rings. The Labute approximate surface area is 97.9 Å². The van der Waals surface area contributed by atoms with Crippen LogP contribution in [0.4, 0.5) is 0 Å². The third-order valence-electron chi connectivity index (χ3n) is 2.65. The summed E-state index contributed by atoms with van der Waals surface area (Å²) in [7, 11) is 0. The molecule has 0 fully saturated rings. The molecule has 1 aromatic carbocycles. The van der Waals surface area contributed by atoms with E-state index in [0.717, 1.165) is 5.56 Å². The predicted molar refractivity (Wildman–Crippen MR) is 66.2 cm³/mol. The number of rotatable bonds is 3. The zero-order chi connectivity index (χ0) is 10.8. The van der Waals surface area contributed by atoms with Crippen molar-refractivity contribution in [3.8, 4) is 0 Å². The Morgan fingerprint density at radius 2 is 2.00 bits per heavy atom. The van der Waals surface area contributed by atoms with Crippen molar-refractivity contribution in [2.45, 2.75) is 26.8 Å². The molecule has 86 valence electrons. The Hall–Kier alpha value is -0.570. The molecule has 15 heavy (non-hydrogen) atoms. The lowest BCUT2D eigenvalue weighted by Crippen LogP contribution is -2.32. The molecule has 2 nitrogen and oxygen atoms in total. The first-order valence-electron chi connectivity index (χ1n) is 4.90. The molecule has 0 aliphatic rings. The van der Waals surface area contributed by atoms with Crippen molar-refractivity contribution in [2.24, 2.45) is 11.1 Å². The molecule has 0 aliphatic heterocycles. The average Bonchev–Trinajstić information content (AvgIpc) is 2.16. The summed E-state index contributed by atoms with van der Waals surface area (Å²) in [6, 6.07) is 8.00. The van der Waals surface area contributed by atoms with Crippen molar-refractivity contribution in [3.63, 3.8) is 0 Å². The van der Waals surface area contributed by atoms with Gasteiger partial charge < -0.3 is 10.8 Å². The highest BCUT2D eigenvalue weighted by molar-refractivity contribution is 5.85. The van der Waals surface area contributed by atoms with E-state index in [1.165, 1.54) is 5.56 Å². The topological polar surface area (TPSA) is 46.2 Å². The van der Waals surface area contributed by atoms with Crippen LogP contribution in [0.5, 0.6) is 0 Å². The van der Waals surface area contributed by atoms with Crippen molar-refractivity contribution in [1.29, 1.82) is 0 Å². The van der Waals surface area contributed by atoms with Crippen molar-refractivity contribution in [1.82, 2.24) is 0 Å². The number of halogens is 1. The molecule has 1 atom stereocenters. The van der Waals surface area contributed by atoms with Crippen LogP contribution in [0.1, 0.15) is 31.0 Å². The van der Waals surface area contributed by atoms with Gasteiger partial charge in [-0.1, -0.05) is 43.7 Å². The Morgan fingerprint density at radius 1 is 1.40 bits per heavy atom. The first-order chi connectivity index (χ1) is 6.47. The van der Waals surface area contributed by atoms with Crippen LogP contribution in [0.3, 0.4) is 0 Å². The average molecular weight is 230 g/mol. The first kappa shape index (κ1) is 14.4. The fourth-order valence-corrected chi connectivity index (χ4v) is 1.41. The van der Waals surface area contributed by atoms with Gasteiger partial charge in [0.25, 0.3) is 0 Å². The Balaban J connectivity index is 0.00000196. The minimum atomic E-state index is -0.270. The van der Waals surface area contributed by atoms with Gasteiger partial charge in [-0.25, -0.2) is 0 Å². The maximum atomic E-state index is 9.22. The molecule has 0 aromatic heterocycles. The van der Waals surface area contributed by atoms with Gasteiger partial charge in [-0.05, 0) is 12.5 Å². The van der Waals surface area contributed by atoms with Crippen molar-refractivity contribution in [3.05, 3.63) is 35.4 Å². The van der Waals surface area contributed by atoms with Crippen LogP contribution >= 0.6 is 12.4 Å². The molecule has 0 unspecified atom stereocenters. The molecule has 0 radical (unpaired) electrons. The summed E-state index contributed by atoms with van der Waals surface area (Å²) in [5, 5.41) is 9.22. The molecular formula is C12H20ClNO. The fraction of sp³-hybridized carbons (Fsp3) is 0.500. The van der Waals surface area contributed by atoms with Gasteiger partial charge in [0.2, 0.25) is 0 Å². The van der Waals surface area contributed by atoms with E-state index in [0.29, 0.717) is 0 Å². The number of hydrogen-bond acceptors (Lipinski definition) is 2. The maximum Gasteiger partial charge on any atom is 0.0500 e. The Morgan fingerprint density at radius 3 is 2.47 bits per heavy atom. The largest absolute Gasteiger partial charge is 0.396 e. The minimum Gasteiger partial charge on any atom is -0.396 e. The van der Waals surface area contributed by atoms with E-state index in [1.807, 2.05) is 39.0 Å². The van der Waals surface area contributed by atoms with Crippen LogP contribution in [-0.2, 0) is 0 Å². The highest BCUT2D eigenvalue weighted by Gasteiger charge is 2.26. The molecule has 0 saturated carbocycles. The van der Waals surface area contributed by atoms with Gasteiger partial charge in [-0.15, -0.1) is 12.4 Å². The predicted octanol–water partition coefficient (Wildman–Crippen LogP) is 2.44. The first-order valence-corrected chi connectivity index (χ1v) is 4.90. The van der Waals surface area contributed by atoms with E-state index in [2.05, 4.69) is 6.07 Å². The molecule has 3 N–H and O–H groups in total. The number of benzene rings is 1. The molecule has 0 bridgehead atoms. The Kier molecular flexibility index (Phi) is 5.29. The molecule has 0 spiro atoms. The van der Waals surface area contributed by atoms with E-state index in [4.69, 9.17) is 5.73 Å². The van der Waals surface area contributed by atoms with E-state index in [-0.39, 0.29) is 30.5 Å². The molecule has 1 rings (SSSR count). The summed E-state index contributed by atoms with van der Waals surface area (Å²) in [5.74, 6) is 0. The van der Waals surface area contributed by atoms with E-state index < -0.39 is 0 Å². The number of aryl methyl sites for hydroxylation is 1. The zero-order valence-electron chi connectivity index (χ0n) is 9.53. The molecule has 0 amide bonds. The van der Waals surface area contributed by atoms with Crippen LogP contribution in [0.15, 0.2) is 24.3 Å². The number of aliphatic hydroxyl groups is 1. The molecule has 0 heterocycles. The maximum absolute atomic E-state index is 9.22. The summed E-state index contributed by atoms with van der Waals surface area (Å²) in [4.78, 5) is 0. The zero-order valence-corrected chi connectivity index (χ0v) is 10.3. The summed E-state index contributed by atoms with van der Waals surface area (Å²) in [6.07, 6.45) is 0. The number of aliphatic hydroxyl groups excluding tert-OH is 1. The highest BCUT2D eigenvalue weighted by atomic mass is 35.5. The van der Waals surface area contributed by atoms with Gasteiger partial charge >= 0.3 is 0 Å². The van der Waals surface area contributed by atoms with Gasteiger partial charge in [-0.2, -0.15) is 0 Å². The van der Waals surface area contributed by atoms with Crippen molar-refractivity contribution < 1.29 is 5.11 Å². The third-order valence-corrected chi connectivity index (χ3v) is 2.65. The fourth-order valence-electron chi connectivity index (χ4n) is 1.41. The standard InChI is InChI=1S/C12H19NO.ClH/c1-9-5-4-6-10(7-9)11(13)12(2,3)8-14;/h4-7,11,14H,8,13H2,1-3H3;1H/t11-;/m1./s1. The number of hydrogen-bond donors (Lipinski definition) is 2. The third kappa shape index (κ3) is 3.49. The normalized spacial score (nSPS) is 13.1. The van der Waals surface area contributed by atoms with Gasteiger partial charge in [0, 0.05) is 18.1 Å². The van der Waals surface area contributed by atoms with Gasteiger partial charge in [0.15, 0.2) is 0 Å². The van der Waals surface area contributed by atoms with Crippen LogP contribution in [0.25, 0.3) is 0 Å². The monoisotopic (exact) mass is 229 g/mol. The van der Waals surface area contributed by atoms with Crippen LogP contribution in [-0.4, -0.2) is 11.7 Å². The number of nitrogens with two attached hydrogens (primary N) is 1. The summed E-state index contributed by atoms with van der Waals surface area (Å²) in [6.45, 7) is 6.09.